The summed E-state index contributed by atoms with van der Waals surface area (Å²) in [5.41, 5.74) is 1.13. The van der Waals surface area contributed by atoms with Gasteiger partial charge in [-0.1, -0.05) is 0 Å². The van der Waals surface area contributed by atoms with Crippen LogP contribution in [0.5, 0.6) is 0 Å². The van der Waals surface area contributed by atoms with Crippen molar-refractivity contribution in [3.05, 3.63) is 35.3 Å². The van der Waals surface area contributed by atoms with Crippen molar-refractivity contribution in [2.24, 2.45) is 0 Å². The number of aromatic amines is 1. The Kier molecular flexibility index (Phi) is 1.77. The first-order valence-corrected chi connectivity index (χ1v) is 4.10. The molecule has 0 saturated carbocycles. The van der Waals surface area contributed by atoms with E-state index < -0.39 is 11.8 Å². The molecule has 4 heteroatoms. The summed E-state index contributed by atoms with van der Waals surface area (Å²) in [6, 6.07) is 4.42. The zero-order chi connectivity index (χ0) is 10.3. The second-order valence-electron chi connectivity index (χ2n) is 3.15. The van der Waals surface area contributed by atoms with Crippen molar-refractivity contribution in [2.75, 3.05) is 0 Å². The van der Waals surface area contributed by atoms with Crippen LogP contribution in [0.1, 0.15) is 16.1 Å². The predicted molar refractivity (Wildman–Crippen MR) is 50.0 cm³/mol. The molecule has 0 aliphatic heterocycles. The Balaban J connectivity index is 2.80. The average Bonchev–Trinajstić information content (AvgIpc) is 2.46. The summed E-state index contributed by atoms with van der Waals surface area (Å²) < 4.78 is 13.5. The van der Waals surface area contributed by atoms with E-state index in [4.69, 9.17) is 5.11 Å². The normalized spacial score (nSPS) is 10.7. The molecule has 0 spiro atoms. The summed E-state index contributed by atoms with van der Waals surface area (Å²) in [5.74, 6) is -1.93. The van der Waals surface area contributed by atoms with E-state index in [0.717, 1.165) is 5.69 Å². The lowest BCUT2D eigenvalue weighted by molar-refractivity contribution is 0.0692. The molecule has 0 saturated heterocycles. The van der Waals surface area contributed by atoms with Gasteiger partial charge in [-0.3, -0.25) is 0 Å². The molecule has 1 aromatic carbocycles. The summed E-state index contributed by atoms with van der Waals surface area (Å²) in [7, 11) is 0. The van der Waals surface area contributed by atoms with Crippen LogP contribution in [0.15, 0.2) is 18.2 Å². The maximum absolute atomic E-state index is 13.5. The maximum atomic E-state index is 13.5. The number of aromatic nitrogens is 1. The van der Waals surface area contributed by atoms with Gasteiger partial charge in [0, 0.05) is 16.6 Å². The molecular formula is C10H8FNO2. The standard InChI is InChI=1S/C10H8FNO2/c1-5-4-7-8(12-5)3-2-6(9(7)11)10(13)14/h2-4,12H,1H3,(H,13,14). The lowest BCUT2D eigenvalue weighted by Crippen LogP contribution is -1.99. The molecule has 2 rings (SSSR count). The number of carbonyl (C=O) groups is 1. The topological polar surface area (TPSA) is 53.1 Å². The molecule has 2 N–H and O–H groups in total. The Morgan fingerprint density at radius 2 is 2.21 bits per heavy atom. The zero-order valence-corrected chi connectivity index (χ0v) is 7.47. The zero-order valence-electron chi connectivity index (χ0n) is 7.47. The van der Waals surface area contributed by atoms with Crippen molar-refractivity contribution < 1.29 is 14.3 Å². The van der Waals surface area contributed by atoms with Crippen molar-refractivity contribution in [3.63, 3.8) is 0 Å². The third kappa shape index (κ3) is 1.16. The van der Waals surface area contributed by atoms with Crippen molar-refractivity contribution >= 4 is 16.9 Å². The second-order valence-corrected chi connectivity index (χ2v) is 3.15. The highest BCUT2D eigenvalue weighted by atomic mass is 19.1. The van der Waals surface area contributed by atoms with E-state index in [0.29, 0.717) is 10.9 Å². The van der Waals surface area contributed by atoms with Gasteiger partial charge in [-0.05, 0) is 25.1 Å². The van der Waals surface area contributed by atoms with E-state index in [9.17, 15) is 9.18 Å². The molecule has 3 nitrogen and oxygen atoms in total. The van der Waals surface area contributed by atoms with E-state index in [1.807, 2.05) is 0 Å². The number of carboxylic acids is 1. The first-order chi connectivity index (χ1) is 6.59. The number of hydrogen-bond donors (Lipinski definition) is 2. The van der Waals surface area contributed by atoms with Gasteiger partial charge in [-0.25, -0.2) is 9.18 Å². The molecule has 0 amide bonds. The predicted octanol–water partition coefficient (Wildman–Crippen LogP) is 2.31. The molecule has 0 unspecified atom stereocenters. The summed E-state index contributed by atoms with van der Waals surface area (Å²) in [4.78, 5) is 13.6. The fourth-order valence-electron chi connectivity index (χ4n) is 1.47. The van der Waals surface area contributed by atoms with Gasteiger partial charge in [0.1, 0.15) is 5.82 Å². The van der Waals surface area contributed by atoms with Gasteiger partial charge >= 0.3 is 5.97 Å². The highest BCUT2D eigenvalue weighted by Gasteiger charge is 2.13. The summed E-state index contributed by atoms with van der Waals surface area (Å²) in [5, 5.41) is 9.00. The smallest absolute Gasteiger partial charge is 0.338 e. The van der Waals surface area contributed by atoms with E-state index in [2.05, 4.69) is 4.98 Å². The van der Waals surface area contributed by atoms with Crippen molar-refractivity contribution in [2.45, 2.75) is 6.92 Å². The fourth-order valence-corrected chi connectivity index (χ4v) is 1.47. The first kappa shape index (κ1) is 8.74. The number of H-pyrrole nitrogens is 1. The third-order valence-electron chi connectivity index (χ3n) is 2.10. The molecule has 1 aromatic heterocycles. The molecule has 0 atom stereocenters. The highest BCUT2D eigenvalue weighted by molar-refractivity contribution is 5.94. The van der Waals surface area contributed by atoms with E-state index in [-0.39, 0.29) is 5.56 Å². The number of rotatable bonds is 1. The number of fused-ring (bicyclic) bond motifs is 1. The van der Waals surface area contributed by atoms with Gasteiger partial charge in [0.15, 0.2) is 0 Å². The molecule has 0 aliphatic carbocycles. The van der Waals surface area contributed by atoms with Crippen LogP contribution >= 0.6 is 0 Å². The number of halogens is 1. The van der Waals surface area contributed by atoms with Gasteiger partial charge in [-0.2, -0.15) is 0 Å². The van der Waals surface area contributed by atoms with Crippen molar-refractivity contribution in [3.8, 4) is 0 Å². The number of hydrogen-bond acceptors (Lipinski definition) is 1. The van der Waals surface area contributed by atoms with Gasteiger partial charge in [0.05, 0.1) is 5.56 Å². The largest absolute Gasteiger partial charge is 0.478 e. The Hall–Kier alpha value is -1.84. The molecular weight excluding hydrogens is 185 g/mol. The third-order valence-corrected chi connectivity index (χ3v) is 2.10. The molecule has 1 heterocycles. The van der Waals surface area contributed by atoms with E-state index in [1.54, 1.807) is 19.1 Å². The minimum absolute atomic E-state index is 0.295. The monoisotopic (exact) mass is 193 g/mol. The molecule has 2 aromatic rings. The molecule has 0 radical (unpaired) electrons. The highest BCUT2D eigenvalue weighted by Crippen LogP contribution is 2.21. The Labute approximate surface area is 79.2 Å². The minimum Gasteiger partial charge on any atom is -0.478 e. The van der Waals surface area contributed by atoms with Crippen molar-refractivity contribution in [1.82, 2.24) is 4.98 Å². The first-order valence-electron chi connectivity index (χ1n) is 4.10. The second kappa shape index (κ2) is 2.83. The summed E-state index contributed by atoms with van der Waals surface area (Å²) >= 11 is 0. The van der Waals surface area contributed by atoms with Crippen LogP contribution in [0.3, 0.4) is 0 Å². The Morgan fingerprint density at radius 1 is 1.50 bits per heavy atom. The molecule has 0 bridgehead atoms. The molecule has 0 aliphatic rings. The number of aromatic carboxylic acids is 1. The fraction of sp³-hybridized carbons (Fsp3) is 0.100. The molecule has 0 fully saturated rings. The van der Waals surface area contributed by atoms with Gasteiger partial charge in [0.2, 0.25) is 0 Å². The lowest BCUT2D eigenvalue weighted by atomic mass is 10.1. The summed E-state index contributed by atoms with van der Waals surface area (Å²) in [6.45, 7) is 1.79. The number of nitrogens with one attached hydrogen (secondary N) is 1. The van der Waals surface area contributed by atoms with E-state index in [1.165, 1.54) is 6.07 Å². The van der Waals surface area contributed by atoms with Crippen LogP contribution in [-0.4, -0.2) is 16.1 Å². The van der Waals surface area contributed by atoms with Crippen LogP contribution in [0.2, 0.25) is 0 Å². The molecule has 72 valence electrons. The maximum Gasteiger partial charge on any atom is 0.338 e. The van der Waals surface area contributed by atoms with Gasteiger partial charge in [-0.15, -0.1) is 0 Å². The number of aryl methyl sites for hydroxylation is 1. The van der Waals surface area contributed by atoms with Gasteiger partial charge < -0.3 is 10.1 Å². The Bertz CT molecular complexity index is 516. The summed E-state index contributed by atoms with van der Waals surface area (Å²) in [6.07, 6.45) is 0. The SMILES string of the molecule is Cc1cc2c(F)c(C(=O)O)ccc2[nH]1. The quantitative estimate of drug-likeness (QED) is 0.730. The number of carboxylic acid groups (broad SMARTS) is 1. The van der Waals surface area contributed by atoms with Gasteiger partial charge in [0.25, 0.3) is 0 Å². The van der Waals surface area contributed by atoms with Crippen LogP contribution in [-0.2, 0) is 0 Å². The van der Waals surface area contributed by atoms with Crippen LogP contribution in [0, 0.1) is 12.7 Å². The van der Waals surface area contributed by atoms with E-state index >= 15 is 0 Å². The van der Waals surface area contributed by atoms with Crippen LogP contribution in [0.25, 0.3) is 10.9 Å². The van der Waals surface area contributed by atoms with Crippen LogP contribution in [0.4, 0.5) is 4.39 Å². The van der Waals surface area contributed by atoms with Crippen LogP contribution < -0.4 is 0 Å². The number of benzene rings is 1. The van der Waals surface area contributed by atoms with Crippen molar-refractivity contribution in [1.29, 1.82) is 0 Å². The minimum atomic E-state index is -1.25. The lowest BCUT2D eigenvalue weighted by Gasteiger charge is -1.97. The average molecular weight is 193 g/mol. The molecule has 14 heavy (non-hydrogen) atoms. The Morgan fingerprint density at radius 3 is 2.86 bits per heavy atom.